The molecular weight excluding hydrogens is 414 g/mol. The van der Waals surface area contributed by atoms with E-state index in [4.69, 9.17) is 5.73 Å². The molecule has 2 aliphatic heterocycles. The number of thiophene rings is 2. The van der Waals surface area contributed by atoms with Gasteiger partial charge in [-0.2, -0.15) is 0 Å². The molecule has 0 fully saturated rings. The number of hydrogen-bond donors (Lipinski definition) is 1. The summed E-state index contributed by atoms with van der Waals surface area (Å²) in [6.45, 7) is 1.46. The molecule has 3 aromatic rings. The first-order chi connectivity index (χ1) is 14.6. The molecule has 0 aliphatic carbocycles. The van der Waals surface area contributed by atoms with Gasteiger partial charge >= 0.3 is 0 Å². The van der Waals surface area contributed by atoms with Crippen molar-refractivity contribution in [2.45, 2.75) is 31.5 Å². The van der Waals surface area contributed by atoms with E-state index in [1.165, 1.54) is 15.3 Å². The van der Waals surface area contributed by atoms with Crippen LogP contribution in [-0.2, 0) is 29.0 Å². The summed E-state index contributed by atoms with van der Waals surface area (Å²) in [5.74, 6) is -0.318. The van der Waals surface area contributed by atoms with Crippen LogP contribution in [0.4, 0.5) is 0 Å². The molecule has 5 nitrogen and oxygen atoms in total. The number of primary amides is 1. The Morgan fingerprint density at radius 1 is 1.03 bits per heavy atom. The van der Waals surface area contributed by atoms with Crippen molar-refractivity contribution in [3.05, 3.63) is 79.7 Å². The molecule has 0 bridgehead atoms. The van der Waals surface area contributed by atoms with Crippen molar-refractivity contribution in [3.63, 3.8) is 0 Å². The second-order valence-corrected chi connectivity index (χ2v) is 9.83. The Morgan fingerprint density at radius 3 is 2.63 bits per heavy atom. The first kappa shape index (κ1) is 19.5. The molecule has 2 aromatic heterocycles. The zero-order valence-corrected chi connectivity index (χ0v) is 18.1. The average Bonchev–Trinajstić information content (AvgIpc) is 3.44. The Bertz CT molecular complexity index is 1080. The van der Waals surface area contributed by atoms with Crippen LogP contribution < -0.4 is 5.73 Å². The Morgan fingerprint density at radius 2 is 1.87 bits per heavy atom. The Labute approximate surface area is 183 Å². The van der Waals surface area contributed by atoms with Crippen LogP contribution >= 0.6 is 22.7 Å². The van der Waals surface area contributed by atoms with Gasteiger partial charge in [-0.3, -0.25) is 14.5 Å². The lowest BCUT2D eigenvalue weighted by Crippen LogP contribution is -2.53. The number of rotatable bonds is 4. The summed E-state index contributed by atoms with van der Waals surface area (Å²) >= 11 is 3.45. The van der Waals surface area contributed by atoms with E-state index in [1.54, 1.807) is 22.7 Å². The monoisotopic (exact) mass is 437 g/mol. The highest BCUT2D eigenvalue weighted by Crippen LogP contribution is 2.39. The highest BCUT2D eigenvalue weighted by atomic mass is 32.1. The van der Waals surface area contributed by atoms with Crippen molar-refractivity contribution in [2.24, 2.45) is 5.73 Å². The third-order valence-electron chi connectivity index (χ3n) is 6.11. The number of benzene rings is 1. The van der Waals surface area contributed by atoms with Gasteiger partial charge in [0.1, 0.15) is 0 Å². The summed E-state index contributed by atoms with van der Waals surface area (Å²) in [6.07, 6.45) is 1.44. The minimum Gasteiger partial charge on any atom is -0.368 e. The average molecular weight is 438 g/mol. The van der Waals surface area contributed by atoms with Crippen LogP contribution in [0.25, 0.3) is 0 Å². The quantitative estimate of drug-likeness (QED) is 0.682. The van der Waals surface area contributed by atoms with Gasteiger partial charge in [0.15, 0.2) is 0 Å². The van der Waals surface area contributed by atoms with E-state index >= 15 is 0 Å². The van der Waals surface area contributed by atoms with Gasteiger partial charge in [0.2, 0.25) is 11.8 Å². The summed E-state index contributed by atoms with van der Waals surface area (Å²) in [4.78, 5) is 32.2. The molecule has 154 valence electrons. The summed E-state index contributed by atoms with van der Waals surface area (Å²) < 4.78 is 0. The van der Waals surface area contributed by atoms with Gasteiger partial charge in [-0.05, 0) is 52.4 Å². The van der Waals surface area contributed by atoms with E-state index in [0.29, 0.717) is 19.5 Å². The molecule has 0 spiro atoms. The molecular formula is C23H23N3O2S2. The van der Waals surface area contributed by atoms with Gasteiger partial charge in [0.05, 0.1) is 18.6 Å². The molecule has 5 rings (SSSR count). The van der Waals surface area contributed by atoms with Gasteiger partial charge in [-0.25, -0.2) is 0 Å². The molecule has 2 amide bonds. The summed E-state index contributed by atoms with van der Waals surface area (Å²) in [7, 11) is 0. The fourth-order valence-corrected chi connectivity index (χ4v) is 6.39. The Hall–Kier alpha value is -2.48. The van der Waals surface area contributed by atoms with Crippen LogP contribution in [0.2, 0.25) is 0 Å². The lowest BCUT2D eigenvalue weighted by Gasteiger charge is -2.39. The van der Waals surface area contributed by atoms with Crippen molar-refractivity contribution in [1.29, 1.82) is 0 Å². The van der Waals surface area contributed by atoms with Crippen molar-refractivity contribution < 1.29 is 9.59 Å². The zero-order valence-electron chi connectivity index (χ0n) is 16.5. The second-order valence-electron chi connectivity index (χ2n) is 7.85. The number of nitrogens with zero attached hydrogens (tertiary/aromatic N) is 2. The van der Waals surface area contributed by atoms with Crippen molar-refractivity contribution in [3.8, 4) is 0 Å². The van der Waals surface area contributed by atoms with Gasteiger partial charge in [0, 0.05) is 22.8 Å². The molecule has 1 unspecified atom stereocenters. The Kier molecular flexibility index (Phi) is 5.18. The predicted octanol–water partition coefficient (Wildman–Crippen LogP) is 3.20. The van der Waals surface area contributed by atoms with E-state index in [1.807, 2.05) is 34.1 Å². The molecule has 0 saturated heterocycles. The van der Waals surface area contributed by atoms with E-state index in [-0.39, 0.29) is 24.4 Å². The van der Waals surface area contributed by atoms with E-state index in [9.17, 15) is 9.59 Å². The van der Waals surface area contributed by atoms with Gasteiger partial charge in [0.25, 0.3) is 0 Å². The number of nitrogens with two attached hydrogens (primary N) is 1. The van der Waals surface area contributed by atoms with Crippen LogP contribution in [0.1, 0.15) is 32.5 Å². The molecule has 7 heteroatoms. The van der Waals surface area contributed by atoms with Crippen molar-refractivity contribution >= 4 is 34.5 Å². The van der Waals surface area contributed by atoms with E-state index in [0.717, 1.165) is 17.5 Å². The molecule has 30 heavy (non-hydrogen) atoms. The first-order valence-electron chi connectivity index (χ1n) is 10.1. The van der Waals surface area contributed by atoms with Crippen molar-refractivity contribution in [1.82, 2.24) is 9.80 Å². The van der Waals surface area contributed by atoms with Crippen LogP contribution in [0.15, 0.2) is 53.2 Å². The largest absolute Gasteiger partial charge is 0.368 e. The Balaban J connectivity index is 1.42. The molecule has 0 radical (unpaired) electrons. The van der Waals surface area contributed by atoms with Gasteiger partial charge in [-0.15, -0.1) is 22.7 Å². The molecule has 4 heterocycles. The van der Waals surface area contributed by atoms with E-state index < -0.39 is 6.04 Å². The topological polar surface area (TPSA) is 66.6 Å². The molecule has 1 aromatic carbocycles. The minimum atomic E-state index is -0.453. The van der Waals surface area contributed by atoms with E-state index in [2.05, 4.69) is 29.0 Å². The van der Waals surface area contributed by atoms with Crippen LogP contribution in [0, 0.1) is 0 Å². The predicted molar refractivity (Wildman–Crippen MR) is 119 cm³/mol. The molecule has 2 aliphatic rings. The van der Waals surface area contributed by atoms with Crippen LogP contribution in [0.3, 0.4) is 0 Å². The number of hydrogen-bond acceptors (Lipinski definition) is 5. The summed E-state index contributed by atoms with van der Waals surface area (Å²) in [5, 5.41) is 4.17. The normalized spacial score (nSPS) is 21.1. The van der Waals surface area contributed by atoms with Gasteiger partial charge < -0.3 is 10.6 Å². The number of carbonyl (C=O) groups excluding carboxylic acids is 2. The SMILES string of the molecule is NC(=O)[C@@H]1Cc2ccccc2CN1CC(=O)N1CCc2sccc2C1c1cccs1. The standard InChI is InChI=1S/C23H23N3O2S2/c24-23(28)18-12-15-4-1-2-5-16(15)13-25(18)14-21(27)26-9-7-19-17(8-11-30-19)22(26)20-6-3-10-29-20/h1-6,8,10-11,18,22H,7,9,12-14H2,(H2,24,28)/t18-,22?/m0/s1. The maximum atomic E-state index is 13.5. The fraction of sp³-hybridized carbons (Fsp3) is 0.304. The number of fused-ring (bicyclic) bond motifs is 2. The molecule has 2 atom stereocenters. The fourth-order valence-electron chi connectivity index (χ4n) is 4.63. The maximum absolute atomic E-state index is 13.5. The molecule has 2 N–H and O–H groups in total. The van der Waals surface area contributed by atoms with Crippen molar-refractivity contribution in [2.75, 3.05) is 13.1 Å². The highest BCUT2D eigenvalue weighted by Gasteiger charge is 2.37. The molecule has 0 saturated carbocycles. The zero-order chi connectivity index (χ0) is 20.7. The lowest BCUT2D eigenvalue weighted by molar-refractivity contribution is -0.136. The number of amides is 2. The smallest absolute Gasteiger partial charge is 0.237 e. The summed E-state index contributed by atoms with van der Waals surface area (Å²) in [5.41, 5.74) is 9.26. The maximum Gasteiger partial charge on any atom is 0.237 e. The lowest BCUT2D eigenvalue weighted by atomic mass is 9.93. The second kappa shape index (κ2) is 7.98. The third kappa shape index (κ3) is 3.47. The number of carbonyl (C=O) groups is 2. The van der Waals surface area contributed by atoms with Crippen LogP contribution in [-0.4, -0.2) is 40.7 Å². The minimum absolute atomic E-state index is 0.0448. The van der Waals surface area contributed by atoms with Gasteiger partial charge in [-0.1, -0.05) is 30.3 Å². The highest BCUT2D eigenvalue weighted by molar-refractivity contribution is 7.10. The third-order valence-corrected chi connectivity index (χ3v) is 8.03. The van der Waals surface area contributed by atoms with Crippen LogP contribution in [0.5, 0.6) is 0 Å². The first-order valence-corrected chi connectivity index (χ1v) is 11.9. The summed E-state index contributed by atoms with van der Waals surface area (Å²) in [6, 6.07) is 13.9.